The SMILES string of the molecule is Cc1nnc(CN2CCCN(C(=O)c3c[nH]c4ccccc34)CC2)s1. The number of carbonyl (C=O) groups excluding carboxylic acids is 1. The van der Waals surface area contributed by atoms with Crippen LogP contribution in [0.5, 0.6) is 0 Å². The molecule has 6 nitrogen and oxygen atoms in total. The van der Waals surface area contributed by atoms with E-state index < -0.39 is 0 Å². The van der Waals surface area contributed by atoms with Crippen LogP contribution < -0.4 is 0 Å². The molecule has 0 atom stereocenters. The van der Waals surface area contributed by atoms with E-state index in [-0.39, 0.29) is 5.91 Å². The van der Waals surface area contributed by atoms with Crippen molar-refractivity contribution in [3.8, 4) is 0 Å². The second-order valence-corrected chi connectivity index (χ2v) is 7.65. The number of aromatic nitrogens is 3. The molecule has 7 heteroatoms. The first kappa shape index (κ1) is 16.2. The summed E-state index contributed by atoms with van der Waals surface area (Å²) in [6.07, 6.45) is 2.81. The maximum atomic E-state index is 13.0. The quantitative estimate of drug-likeness (QED) is 0.784. The number of nitrogens with one attached hydrogen (secondary N) is 1. The molecule has 1 saturated heterocycles. The number of hydrogen-bond donors (Lipinski definition) is 1. The van der Waals surface area contributed by atoms with Gasteiger partial charge >= 0.3 is 0 Å². The fourth-order valence-electron chi connectivity index (χ4n) is 3.34. The van der Waals surface area contributed by atoms with Crippen molar-refractivity contribution < 1.29 is 4.79 Å². The lowest BCUT2D eigenvalue weighted by atomic mass is 10.1. The first-order valence-electron chi connectivity index (χ1n) is 8.57. The Morgan fingerprint density at radius 3 is 2.92 bits per heavy atom. The fraction of sp³-hybridized carbons (Fsp3) is 0.389. The minimum absolute atomic E-state index is 0.117. The van der Waals surface area contributed by atoms with E-state index in [1.165, 1.54) is 0 Å². The van der Waals surface area contributed by atoms with Gasteiger partial charge in [-0.1, -0.05) is 18.2 Å². The van der Waals surface area contributed by atoms with Crippen LogP contribution in [0.15, 0.2) is 30.5 Å². The average Bonchev–Trinajstić information content (AvgIpc) is 3.15. The number of fused-ring (bicyclic) bond motifs is 1. The zero-order valence-corrected chi connectivity index (χ0v) is 15.1. The minimum Gasteiger partial charge on any atom is -0.360 e. The Morgan fingerprint density at radius 1 is 1.20 bits per heavy atom. The summed E-state index contributed by atoms with van der Waals surface area (Å²) in [5, 5.41) is 11.3. The van der Waals surface area contributed by atoms with Crippen LogP contribution in [0.2, 0.25) is 0 Å². The number of H-pyrrole nitrogens is 1. The van der Waals surface area contributed by atoms with Crippen LogP contribution in [-0.2, 0) is 6.54 Å². The Morgan fingerprint density at radius 2 is 2.08 bits per heavy atom. The molecule has 2 aromatic heterocycles. The molecule has 25 heavy (non-hydrogen) atoms. The molecule has 130 valence electrons. The standard InChI is InChI=1S/C18H21N5OS/c1-13-20-21-17(25-13)12-22-7-4-8-23(10-9-22)18(24)15-11-19-16-6-3-2-5-14(15)16/h2-3,5-6,11,19H,4,7-10,12H2,1H3. The summed E-state index contributed by atoms with van der Waals surface area (Å²) in [6, 6.07) is 7.95. The van der Waals surface area contributed by atoms with Gasteiger partial charge < -0.3 is 9.88 Å². The predicted octanol–water partition coefficient (Wildman–Crippen LogP) is 2.68. The van der Waals surface area contributed by atoms with Gasteiger partial charge in [-0.2, -0.15) is 0 Å². The minimum atomic E-state index is 0.117. The second kappa shape index (κ2) is 6.93. The molecule has 3 heterocycles. The maximum absolute atomic E-state index is 13.0. The van der Waals surface area contributed by atoms with E-state index in [9.17, 15) is 4.79 Å². The highest BCUT2D eigenvalue weighted by Crippen LogP contribution is 2.20. The highest BCUT2D eigenvalue weighted by molar-refractivity contribution is 7.11. The lowest BCUT2D eigenvalue weighted by molar-refractivity contribution is 0.0763. The summed E-state index contributed by atoms with van der Waals surface area (Å²) in [6.45, 7) is 6.19. The van der Waals surface area contributed by atoms with Crippen LogP contribution >= 0.6 is 11.3 Å². The normalized spacial score (nSPS) is 16.3. The molecule has 0 aliphatic carbocycles. The maximum Gasteiger partial charge on any atom is 0.256 e. The van der Waals surface area contributed by atoms with Gasteiger partial charge in [0.25, 0.3) is 5.91 Å². The van der Waals surface area contributed by atoms with Gasteiger partial charge in [-0.05, 0) is 19.4 Å². The van der Waals surface area contributed by atoms with E-state index in [0.29, 0.717) is 0 Å². The molecule has 1 aromatic carbocycles. The van der Waals surface area contributed by atoms with Gasteiger partial charge in [-0.15, -0.1) is 21.5 Å². The van der Waals surface area contributed by atoms with Gasteiger partial charge in [0, 0.05) is 43.3 Å². The van der Waals surface area contributed by atoms with Crippen LogP contribution in [0.1, 0.15) is 26.8 Å². The fourth-order valence-corrected chi connectivity index (χ4v) is 4.10. The first-order valence-corrected chi connectivity index (χ1v) is 9.39. The van der Waals surface area contributed by atoms with Gasteiger partial charge in [0.1, 0.15) is 10.0 Å². The molecule has 1 aliphatic heterocycles. The Bertz CT molecular complexity index is 886. The largest absolute Gasteiger partial charge is 0.360 e. The average molecular weight is 355 g/mol. The smallest absolute Gasteiger partial charge is 0.256 e. The summed E-state index contributed by atoms with van der Waals surface area (Å²) in [4.78, 5) is 20.5. The van der Waals surface area contributed by atoms with E-state index in [1.54, 1.807) is 11.3 Å². The van der Waals surface area contributed by atoms with Crippen LogP contribution in [0.4, 0.5) is 0 Å². The Hall–Kier alpha value is -2.25. The van der Waals surface area contributed by atoms with Crippen molar-refractivity contribution in [2.45, 2.75) is 19.9 Å². The number of nitrogens with zero attached hydrogens (tertiary/aromatic N) is 4. The Labute approximate surface area is 150 Å². The van der Waals surface area contributed by atoms with E-state index in [4.69, 9.17) is 0 Å². The van der Waals surface area contributed by atoms with Crippen molar-refractivity contribution in [3.63, 3.8) is 0 Å². The predicted molar refractivity (Wildman–Crippen MR) is 98.7 cm³/mol. The zero-order valence-electron chi connectivity index (χ0n) is 14.2. The number of amides is 1. The van der Waals surface area contributed by atoms with E-state index in [1.807, 2.05) is 42.3 Å². The molecule has 0 spiro atoms. The van der Waals surface area contributed by atoms with Crippen molar-refractivity contribution in [2.75, 3.05) is 26.2 Å². The molecular formula is C18H21N5OS. The number of benzene rings is 1. The van der Waals surface area contributed by atoms with Crippen LogP contribution in [0, 0.1) is 6.92 Å². The Kier molecular flexibility index (Phi) is 4.50. The van der Waals surface area contributed by atoms with E-state index >= 15 is 0 Å². The Balaban J connectivity index is 1.44. The molecule has 0 radical (unpaired) electrons. The van der Waals surface area contributed by atoms with Gasteiger partial charge in [-0.3, -0.25) is 9.69 Å². The second-order valence-electron chi connectivity index (χ2n) is 6.38. The third kappa shape index (κ3) is 3.43. The van der Waals surface area contributed by atoms with Crippen LogP contribution in [-0.4, -0.2) is 57.1 Å². The summed E-state index contributed by atoms with van der Waals surface area (Å²) < 4.78 is 0. The lowest BCUT2D eigenvalue weighted by Crippen LogP contribution is -2.35. The number of aryl methyl sites for hydroxylation is 1. The van der Waals surface area contributed by atoms with Gasteiger partial charge in [0.2, 0.25) is 0 Å². The van der Waals surface area contributed by atoms with Gasteiger partial charge in [0.05, 0.1) is 12.1 Å². The number of carbonyl (C=O) groups is 1. The highest BCUT2D eigenvalue weighted by Gasteiger charge is 2.22. The lowest BCUT2D eigenvalue weighted by Gasteiger charge is -2.21. The van der Waals surface area contributed by atoms with Gasteiger partial charge in [-0.25, -0.2) is 0 Å². The van der Waals surface area contributed by atoms with Crippen molar-refractivity contribution in [3.05, 3.63) is 46.0 Å². The summed E-state index contributed by atoms with van der Waals surface area (Å²) >= 11 is 1.65. The van der Waals surface area contributed by atoms with E-state index in [2.05, 4.69) is 20.1 Å². The summed E-state index contributed by atoms with van der Waals surface area (Å²) in [5.74, 6) is 0.117. The van der Waals surface area contributed by atoms with Crippen LogP contribution in [0.25, 0.3) is 10.9 Å². The summed E-state index contributed by atoms with van der Waals surface area (Å²) in [5.41, 5.74) is 1.78. The zero-order chi connectivity index (χ0) is 17.2. The molecule has 1 N–H and O–H groups in total. The van der Waals surface area contributed by atoms with Crippen molar-refractivity contribution >= 4 is 28.1 Å². The molecule has 1 amide bonds. The third-order valence-corrected chi connectivity index (χ3v) is 5.45. The molecule has 0 bridgehead atoms. The molecule has 4 rings (SSSR count). The highest BCUT2D eigenvalue weighted by atomic mass is 32.1. The molecular weight excluding hydrogens is 334 g/mol. The molecule has 0 unspecified atom stereocenters. The molecule has 0 saturated carbocycles. The van der Waals surface area contributed by atoms with E-state index in [0.717, 1.165) is 65.6 Å². The molecule has 1 fully saturated rings. The number of aromatic amines is 1. The molecule has 1 aliphatic rings. The first-order chi connectivity index (χ1) is 12.2. The van der Waals surface area contributed by atoms with Gasteiger partial charge in [0.15, 0.2) is 0 Å². The summed E-state index contributed by atoms with van der Waals surface area (Å²) in [7, 11) is 0. The molecule has 3 aromatic rings. The number of para-hydroxylation sites is 1. The number of rotatable bonds is 3. The van der Waals surface area contributed by atoms with Crippen LogP contribution in [0.3, 0.4) is 0 Å². The monoisotopic (exact) mass is 355 g/mol. The third-order valence-electron chi connectivity index (χ3n) is 4.62. The van der Waals surface area contributed by atoms with Crippen molar-refractivity contribution in [1.82, 2.24) is 25.0 Å². The van der Waals surface area contributed by atoms with Crippen molar-refractivity contribution in [2.24, 2.45) is 0 Å². The topological polar surface area (TPSA) is 65.1 Å². The number of hydrogen-bond acceptors (Lipinski definition) is 5. The van der Waals surface area contributed by atoms with Crippen molar-refractivity contribution in [1.29, 1.82) is 0 Å².